The Bertz CT molecular complexity index is 1040. The van der Waals surface area contributed by atoms with E-state index in [0.29, 0.717) is 28.0 Å². The highest BCUT2D eigenvalue weighted by atomic mass is 32.1. The SMILES string of the molecule is CC(=O)NCc1ccc(C(=O)COC(=O)c2oc3ccc(F)cc3c2C)s1. The molecule has 0 aliphatic rings. The first-order chi connectivity index (χ1) is 12.8. The zero-order chi connectivity index (χ0) is 19.6. The Kier molecular flexibility index (Phi) is 5.36. The number of carbonyl (C=O) groups is 3. The second kappa shape index (κ2) is 7.71. The molecule has 2 aromatic heterocycles. The van der Waals surface area contributed by atoms with Gasteiger partial charge in [-0.3, -0.25) is 9.59 Å². The van der Waals surface area contributed by atoms with E-state index in [0.717, 1.165) is 4.88 Å². The number of nitrogens with one attached hydrogen (secondary N) is 1. The first kappa shape index (κ1) is 18.8. The number of carbonyl (C=O) groups excluding carboxylic acids is 3. The summed E-state index contributed by atoms with van der Waals surface area (Å²) in [6.45, 7) is 2.93. The number of amides is 1. The summed E-state index contributed by atoms with van der Waals surface area (Å²) in [5.41, 5.74) is 0.823. The third-order valence-corrected chi connectivity index (χ3v) is 4.99. The Morgan fingerprint density at radius 1 is 1.22 bits per heavy atom. The molecule has 0 atom stereocenters. The molecule has 0 saturated heterocycles. The number of Topliss-reactive ketones (excluding diaryl/α,β-unsaturated/α-hetero) is 1. The molecule has 3 rings (SSSR count). The highest BCUT2D eigenvalue weighted by Gasteiger charge is 2.21. The number of halogens is 1. The number of thiophene rings is 1. The van der Waals surface area contributed by atoms with E-state index in [1.54, 1.807) is 19.1 Å². The second-order valence-corrected chi connectivity index (χ2v) is 7.04. The van der Waals surface area contributed by atoms with Crippen LogP contribution in [0.5, 0.6) is 0 Å². The standard InChI is InChI=1S/C19H16FNO5S/c1-10-14-7-12(20)3-5-16(14)26-18(10)19(24)25-9-15(23)17-6-4-13(27-17)8-21-11(2)22/h3-7H,8-9H2,1-2H3,(H,21,22). The molecule has 1 N–H and O–H groups in total. The molecule has 0 radical (unpaired) electrons. The van der Waals surface area contributed by atoms with Gasteiger partial charge >= 0.3 is 5.97 Å². The van der Waals surface area contributed by atoms with Gasteiger partial charge in [-0.1, -0.05) is 0 Å². The maximum Gasteiger partial charge on any atom is 0.375 e. The van der Waals surface area contributed by atoms with Gasteiger partial charge in [0.15, 0.2) is 6.61 Å². The molecule has 0 unspecified atom stereocenters. The Labute approximate surface area is 157 Å². The lowest BCUT2D eigenvalue weighted by atomic mass is 10.1. The van der Waals surface area contributed by atoms with Crippen LogP contribution in [0.15, 0.2) is 34.7 Å². The van der Waals surface area contributed by atoms with Crippen LogP contribution in [0.1, 0.15) is 37.6 Å². The van der Waals surface area contributed by atoms with Crippen LogP contribution in [0.2, 0.25) is 0 Å². The monoisotopic (exact) mass is 389 g/mol. The van der Waals surface area contributed by atoms with E-state index in [1.165, 1.54) is 36.5 Å². The van der Waals surface area contributed by atoms with E-state index in [2.05, 4.69) is 5.32 Å². The minimum absolute atomic E-state index is 0.0547. The quantitative estimate of drug-likeness (QED) is 0.514. The molecular formula is C19H16FNO5S. The fraction of sp³-hybridized carbons (Fsp3) is 0.211. The summed E-state index contributed by atoms with van der Waals surface area (Å²) in [5.74, 6) is -1.80. The van der Waals surface area contributed by atoms with Crippen LogP contribution in [-0.2, 0) is 16.1 Å². The number of ketones is 1. The van der Waals surface area contributed by atoms with Gasteiger partial charge in [-0.25, -0.2) is 9.18 Å². The van der Waals surface area contributed by atoms with Gasteiger partial charge in [0, 0.05) is 22.8 Å². The first-order valence-electron chi connectivity index (χ1n) is 8.07. The van der Waals surface area contributed by atoms with Crippen molar-refractivity contribution in [1.82, 2.24) is 5.32 Å². The highest BCUT2D eigenvalue weighted by Crippen LogP contribution is 2.26. The molecule has 1 amide bonds. The van der Waals surface area contributed by atoms with Gasteiger partial charge in [0.1, 0.15) is 11.4 Å². The predicted molar refractivity (Wildman–Crippen MR) is 97.4 cm³/mol. The minimum atomic E-state index is -0.785. The van der Waals surface area contributed by atoms with E-state index < -0.39 is 18.4 Å². The number of benzene rings is 1. The molecule has 1 aromatic carbocycles. The van der Waals surface area contributed by atoms with Gasteiger partial charge in [0.25, 0.3) is 0 Å². The van der Waals surface area contributed by atoms with Crippen molar-refractivity contribution in [3.05, 3.63) is 57.2 Å². The minimum Gasteiger partial charge on any atom is -0.451 e. The van der Waals surface area contributed by atoms with Crippen molar-refractivity contribution >= 4 is 40.0 Å². The van der Waals surface area contributed by atoms with E-state index in [4.69, 9.17) is 9.15 Å². The van der Waals surface area contributed by atoms with Gasteiger partial charge < -0.3 is 14.5 Å². The van der Waals surface area contributed by atoms with Crippen molar-refractivity contribution in [2.45, 2.75) is 20.4 Å². The first-order valence-corrected chi connectivity index (χ1v) is 8.89. The maximum atomic E-state index is 13.3. The molecule has 0 saturated carbocycles. The molecule has 8 heteroatoms. The Morgan fingerprint density at radius 2 is 2.00 bits per heavy atom. The van der Waals surface area contributed by atoms with Gasteiger partial charge in [0.2, 0.25) is 17.5 Å². The fourth-order valence-electron chi connectivity index (χ4n) is 2.49. The summed E-state index contributed by atoms with van der Waals surface area (Å²) in [6.07, 6.45) is 0. The van der Waals surface area contributed by atoms with Gasteiger partial charge in [-0.05, 0) is 37.3 Å². The third-order valence-electron chi connectivity index (χ3n) is 3.87. The Morgan fingerprint density at radius 3 is 2.74 bits per heavy atom. The van der Waals surface area contributed by atoms with E-state index in [1.807, 2.05) is 0 Å². The summed E-state index contributed by atoms with van der Waals surface area (Å²) < 4.78 is 23.8. The molecule has 2 heterocycles. The lowest BCUT2D eigenvalue weighted by molar-refractivity contribution is -0.119. The van der Waals surface area contributed by atoms with Crippen molar-refractivity contribution < 1.29 is 27.9 Å². The average molecular weight is 389 g/mol. The van der Waals surface area contributed by atoms with Crippen LogP contribution in [0.3, 0.4) is 0 Å². The molecule has 0 bridgehead atoms. The lowest BCUT2D eigenvalue weighted by Crippen LogP contribution is -2.18. The maximum absolute atomic E-state index is 13.3. The fourth-order valence-corrected chi connectivity index (χ4v) is 3.36. The average Bonchev–Trinajstić information content (AvgIpc) is 3.23. The number of fused-ring (bicyclic) bond motifs is 1. The van der Waals surface area contributed by atoms with Crippen LogP contribution in [0.4, 0.5) is 4.39 Å². The molecule has 3 aromatic rings. The summed E-state index contributed by atoms with van der Waals surface area (Å²) in [7, 11) is 0. The molecule has 0 spiro atoms. The summed E-state index contributed by atoms with van der Waals surface area (Å²) in [5, 5.41) is 3.13. The Hall–Kier alpha value is -3.00. The van der Waals surface area contributed by atoms with Crippen molar-refractivity contribution in [3.63, 3.8) is 0 Å². The molecule has 0 fully saturated rings. The normalized spacial score (nSPS) is 10.8. The number of furan rings is 1. The smallest absolute Gasteiger partial charge is 0.375 e. The zero-order valence-electron chi connectivity index (χ0n) is 14.6. The zero-order valence-corrected chi connectivity index (χ0v) is 15.4. The topological polar surface area (TPSA) is 85.6 Å². The van der Waals surface area contributed by atoms with Gasteiger partial charge in [0.05, 0.1) is 11.4 Å². The van der Waals surface area contributed by atoms with Gasteiger partial charge in [-0.2, -0.15) is 0 Å². The van der Waals surface area contributed by atoms with E-state index >= 15 is 0 Å². The number of esters is 1. The number of hydrogen-bond donors (Lipinski definition) is 1. The second-order valence-electron chi connectivity index (χ2n) is 5.87. The molecule has 140 valence electrons. The van der Waals surface area contributed by atoms with Crippen LogP contribution < -0.4 is 5.32 Å². The third kappa shape index (κ3) is 4.22. The molecule has 0 aliphatic heterocycles. The largest absolute Gasteiger partial charge is 0.451 e. The van der Waals surface area contributed by atoms with Crippen molar-refractivity contribution in [3.8, 4) is 0 Å². The van der Waals surface area contributed by atoms with Crippen molar-refractivity contribution in [2.75, 3.05) is 6.61 Å². The molecule has 0 aliphatic carbocycles. The summed E-state index contributed by atoms with van der Waals surface area (Å²) in [6, 6.07) is 7.29. The molecule has 6 nitrogen and oxygen atoms in total. The number of aryl methyl sites for hydroxylation is 1. The van der Waals surface area contributed by atoms with Crippen LogP contribution in [0.25, 0.3) is 11.0 Å². The number of ether oxygens (including phenoxy) is 1. The predicted octanol–water partition coefficient (Wildman–Crippen LogP) is 3.62. The highest BCUT2D eigenvalue weighted by molar-refractivity contribution is 7.14. The lowest BCUT2D eigenvalue weighted by Gasteiger charge is -2.02. The van der Waals surface area contributed by atoms with Crippen LogP contribution in [-0.4, -0.2) is 24.3 Å². The molecular weight excluding hydrogens is 373 g/mol. The van der Waals surface area contributed by atoms with E-state index in [9.17, 15) is 18.8 Å². The van der Waals surface area contributed by atoms with Crippen molar-refractivity contribution in [1.29, 1.82) is 0 Å². The van der Waals surface area contributed by atoms with Crippen molar-refractivity contribution in [2.24, 2.45) is 0 Å². The van der Waals surface area contributed by atoms with E-state index in [-0.39, 0.29) is 17.5 Å². The molecule has 27 heavy (non-hydrogen) atoms. The van der Waals surface area contributed by atoms with Crippen LogP contribution >= 0.6 is 11.3 Å². The Balaban J connectivity index is 1.64. The van der Waals surface area contributed by atoms with Gasteiger partial charge in [-0.15, -0.1) is 11.3 Å². The van der Waals surface area contributed by atoms with Crippen LogP contribution in [0, 0.1) is 12.7 Å². The summed E-state index contributed by atoms with van der Waals surface area (Å²) >= 11 is 1.22. The number of hydrogen-bond acceptors (Lipinski definition) is 6. The number of rotatable bonds is 6. The summed E-state index contributed by atoms with van der Waals surface area (Å²) in [4.78, 5) is 36.6.